The van der Waals surface area contributed by atoms with Gasteiger partial charge in [-0.2, -0.15) is 0 Å². The highest BCUT2D eigenvalue weighted by Gasteiger charge is 2.05. The van der Waals surface area contributed by atoms with Crippen molar-refractivity contribution < 1.29 is 0 Å². The Bertz CT molecular complexity index is 360. The molecule has 1 atom stereocenters. The zero-order chi connectivity index (χ0) is 13.5. The predicted octanol–water partition coefficient (Wildman–Crippen LogP) is 4.63. The van der Waals surface area contributed by atoms with Gasteiger partial charge in [-0.05, 0) is 43.0 Å². The fraction of sp³-hybridized carbons (Fsp3) is 0.625. The molecule has 1 nitrogen and oxygen atoms in total. The van der Waals surface area contributed by atoms with Crippen LogP contribution in [0.15, 0.2) is 23.1 Å². The third-order valence-corrected chi connectivity index (χ3v) is 4.47. The predicted molar refractivity (Wildman–Crippen MR) is 83.3 cm³/mol. The lowest BCUT2D eigenvalue weighted by molar-refractivity contribution is 0.552. The maximum absolute atomic E-state index is 3.49. The Morgan fingerprint density at radius 3 is 2.50 bits per heavy atom. The Kier molecular flexibility index (Phi) is 6.80. The van der Waals surface area contributed by atoms with Gasteiger partial charge in [-0.25, -0.2) is 0 Å². The van der Waals surface area contributed by atoms with Crippen LogP contribution in [0, 0.1) is 12.8 Å². The molecule has 1 rings (SSSR count). The van der Waals surface area contributed by atoms with Crippen LogP contribution in [0.3, 0.4) is 0 Å². The van der Waals surface area contributed by atoms with Gasteiger partial charge < -0.3 is 5.32 Å². The maximum Gasteiger partial charge on any atom is 0.0205 e. The highest BCUT2D eigenvalue weighted by Crippen LogP contribution is 2.28. The molecule has 0 aliphatic rings. The van der Waals surface area contributed by atoms with Gasteiger partial charge in [-0.1, -0.05) is 39.8 Å². The Labute approximate surface area is 117 Å². The summed E-state index contributed by atoms with van der Waals surface area (Å²) in [5, 5.41) is 4.20. The molecule has 102 valence electrons. The lowest BCUT2D eigenvalue weighted by Crippen LogP contribution is -2.18. The minimum atomic E-state index is 0.702. The van der Waals surface area contributed by atoms with E-state index in [9.17, 15) is 0 Å². The molecule has 0 radical (unpaired) electrons. The Hall–Kier alpha value is -0.470. The summed E-state index contributed by atoms with van der Waals surface area (Å²) in [5.74, 6) is 0.714. The van der Waals surface area contributed by atoms with Crippen molar-refractivity contribution in [3.63, 3.8) is 0 Å². The fourth-order valence-electron chi connectivity index (χ4n) is 1.76. The van der Waals surface area contributed by atoms with E-state index >= 15 is 0 Å². The monoisotopic (exact) mass is 265 g/mol. The molecule has 1 unspecified atom stereocenters. The van der Waals surface area contributed by atoms with Gasteiger partial charge >= 0.3 is 0 Å². The molecule has 0 fully saturated rings. The van der Waals surface area contributed by atoms with Crippen LogP contribution >= 0.6 is 11.8 Å². The van der Waals surface area contributed by atoms with E-state index in [4.69, 9.17) is 0 Å². The van der Waals surface area contributed by atoms with E-state index in [1.54, 1.807) is 0 Å². The molecule has 1 aromatic rings. The summed E-state index contributed by atoms with van der Waals surface area (Å²) >= 11 is 1.99. The molecule has 0 saturated heterocycles. The SMILES string of the molecule is CCC(C)Sc1ccc(CNCC(C)C)cc1C. The average Bonchev–Trinajstić information content (AvgIpc) is 2.32. The second-order valence-corrected chi connectivity index (χ2v) is 6.94. The zero-order valence-corrected chi connectivity index (χ0v) is 13.2. The van der Waals surface area contributed by atoms with Crippen molar-refractivity contribution in [3.05, 3.63) is 29.3 Å². The van der Waals surface area contributed by atoms with E-state index in [2.05, 4.69) is 58.1 Å². The van der Waals surface area contributed by atoms with Gasteiger partial charge in [-0.3, -0.25) is 0 Å². The van der Waals surface area contributed by atoms with Gasteiger partial charge in [0.25, 0.3) is 0 Å². The molecule has 0 bridgehead atoms. The summed E-state index contributed by atoms with van der Waals surface area (Å²) in [6.45, 7) is 13.3. The van der Waals surface area contributed by atoms with Crippen LogP contribution < -0.4 is 5.32 Å². The molecule has 0 aromatic heterocycles. The van der Waals surface area contributed by atoms with Crippen molar-refractivity contribution in [3.8, 4) is 0 Å². The van der Waals surface area contributed by atoms with Crippen LogP contribution in [0.2, 0.25) is 0 Å². The summed E-state index contributed by atoms with van der Waals surface area (Å²) in [6.07, 6.45) is 1.22. The molecule has 0 saturated carbocycles. The van der Waals surface area contributed by atoms with E-state index < -0.39 is 0 Å². The molecule has 0 heterocycles. The normalized spacial score (nSPS) is 13.0. The van der Waals surface area contributed by atoms with E-state index in [0.717, 1.165) is 13.1 Å². The van der Waals surface area contributed by atoms with Gasteiger partial charge in [0.05, 0.1) is 0 Å². The first kappa shape index (κ1) is 15.6. The van der Waals surface area contributed by atoms with Crippen molar-refractivity contribution in [1.29, 1.82) is 0 Å². The summed E-state index contributed by atoms with van der Waals surface area (Å²) in [4.78, 5) is 1.43. The molecule has 18 heavy (non-hydrogen) atoms. The van der Waals surface area contributed by atoms with Crippen LogP contribution in [0.1, 0.15) is 45.2 Å². The van der Waals surface area contributed by atoms with Crippen LogP contribution in [0.4, 0.5) is 0 Å². The first-order valence-electron chi connectivity index (χ1n) is 6.99. The Morgan fingerprint density at radius 2 is 1.94 bits per heavy atom. The fourth-order valence-corrected chi connectivity index (χ4v) is 2.75. The number of aryl methyl sites for hydroxylation is 1. The van der Waals surface area contributed by atoms with Gasteiger partial charge in [0, 0.05) is 16.7 Å². The van der Waals surface area contributed by atoms with Crippen molar-refractivity contribution >= 4 is 11.8 Å². The quantitative estimate of drug-likeness (QED) is 0.721. The third kappa shape index (κ3) is 5.45. The van der Waals surface area contributed by atoms with Gasteiger partial charge in [0.15, 0.2) is 0 Å². The number of rotatable bonds is 7. The lowest BCUT2D eigenvalue weighted by atomic mass is 10.1. The van der Waals surface area contributed by atoms with Crippen LogP contribution in [-0.2, 0) is 6.54 Å². The van der Waals surface area contributed by atoms with E-state index in [1.807, 2.05) is 11.8 Å². The summed E-state index contributed by atoms with van der Waals surface area (Å²) in [5.41, 5.74) is 2.80. The average molecular weight is 265 g/mol. The van der Waals surface area contributed by atoms with Gasteiger partial charge in [0.2, 0.25) is 0 Å². The second-order valence-electron chi connectivity index (χ2n) is 5.46. The number of hydrogen-bond acceptors (Lipinski definition) is 2. The van der Waals surface area contributed by atoms with E-state index in [0.29, 0.717) is 11.2 Å². The molecule has 0 amide bonds. The summed E-state index contributed by atoms with van der Waals surface area (Å²) in [7, 11) is 0. The van der Waals surface area contributed by atoms with Gasteiger partial charge in [-0.15, -0.1) is 11.8 Å². The third-order valence-electron chi connectivity index (χ3n) is 3.02. The first-order chi connectivity index (χ1) is 8.52. The number of nitrogens with one attached hydrogen (secondary N) is 1. The first-order valence-corrected chi connectivity index (χ1v) is 7.87. The van der Waals surface area contributed by atoms with Crippen molar-refractivity contribution in [1.82, 2.24) is 5.32 Å². The van der Waals surface area contributed by atoms with Crippen LogP contribution in [-0.4, -0.2) is 11.8 Å². The second kappa shape index (κ2) is 7.85. The lowest BCUT2D eigenvalue weighted by Gasteiger charge is -2.13. The molecule has 1 N–H and O–H groups in total. The van der Waals surface area contributed by atoms with Crippen molar-refractivity contribution in [2.24, 2.45) is 5.92 Å². The largest absolute Gasteiger partial charge is 0.312 e. The molecular weight excluding hydrogens is 238 g/mol. The number of benzene rings is 1. The summed E-state index contributed by atoms with van der Waals surface area (Å²) < 4.78 is 0. The van der Waals surface area contributed by atoms with Crippen molar-refractivity contribution in [2.75, 3.05) is 6.54 Å². The smallest absolute Gasteiger partial charge is 0.0205 e. The molecule has 0 spiro atoms. The van der Waals surface area contributed by atoms with E-state index in [1.165, 1.54) is 22.4 Å². The van der Waals surface area contributed by atoms with Gasteiger partial charge in [0.1, 0.15) is 0 Å². The highest BCUT2D eigenvalue weighted by atomic mass is 32.2. The zero-order valence-electron chi connectivity index (χ0n) is 12.4. The standard InChI is InChI=1S/C16H27NS/c1-6-14(5)18-16-8-7-15(9-13(16)4)11-17-10-12(2)3/h7-9,12,14,17H,6,10-11H2,1-5H3. The number of thioether (sulfide) groups is 1. The Morgan fingerprint density at radius 1 is 1.22 bits per heavy atom. The molecule has 0 aliphatic carbocycles. The maximum atomic E-state index is 3.49. The molecule has 2 heteroatoms. The molecule has 0 aliphatic heterocycles. The molecule has 1 aromatic carbocycles. The highest BCUT2D eigenvalue weighted by molar-refractivity contribution is 8.00. The number of hydrogen-bond donors (Lipinski definition) is 1. The molecular formula is C16H27NS. The minimum absolute atomic E-state index is 0.702. The van der Waals surface area contributed by atoms with E-state index in [-0.39, 0.29) is 0 Å². The minimum Gasteiger partial charge on any atom is -0.312 e. The van der Waals surface area contributed by atoms with Crippen molar-refractivity contribution in [2.45, 2.75) is 57.7 Å². The van der Waals surface area contributed by atoms with Crippen LogP contribution in [0.5, 0.6) is 0 Å². The van der Waals surface area contributed by atoms with Crippen LogP contribution in [0.25, 0.3) is 0 Å². The summed E-state index contributed by atoms with van der Waals surface area (Å²) in [6, 6.07) is 6.85. The Balaban J connectivity index is 2.56. The topological polar surface area (TPSA) is 12.0 Å².